The van der Waals surface area contributed by atoms with E-state index in [-0.39, 0.29) is 18.1 Å². The first kappa shape index (κ1) is 24.7. The summed E-state index contributed by atoms with van der Waals surface area (Å²) in [4.78, 5) is 10.8. The largest absolute Gasteiger partial charge is 0.504 e. The van der Waals surface area contributed by atoms with Gasteiger partial charge in [-0.25, -0.2) is 4.39 Å². The maximum atomic E-state index is 13.6. The molecule has 1 heterocycles. The van der Waals surface area contributed by atoms with Gasteiger partial charge in [0.15, 0.2) is 11.5 Å². The fraction of sp³-hybridized carbons (Fsp3) is 0.423. The predicted molar refractivity (Wildman–Crippen MR) is 124 cm³/mol. The molecular weight excluding hydrogens is 427 g/mol. The normalized spacial score (nSPS) is 16.6. The summed E-state index contributed by atoms with van der Waals surface area (Å²) in [5.74, 6) is -1.14. The van der Waals surface area contributed by atoms with Crippen molar-refractivity contribution in [2.45, 2.75) is 70.7 Å². The lowest BCUT2D eigenvalue weighted by atomic mass is 9.83. The smallest absolute Gasteiger partial charge is 0.305 e. The summed E-state index contributed by atoms with van der Waals surface area (Å²) in [6, 6.07) is 5.77. The molecule has 0 amide bonds. The summed E-state index contributed by atoms with van der Waals surface area (Å²) in [5.41, 5.74) is 3.05. The molecule has 0 bridgehead atoms. The third kappa shape index (κ3) is 5.54. The highest BCUT2D eigenvalue weighted by Crippen LogP contribution is 2.52. The molecule has 2 atom stereocenters. The van der Waals surface area contributed by atoms with Gasteiger partial charge in [-0.05, 0) is 48.6 Å². The van der Waals surface area contributed by atoms with Crippen LogP contribution >= 0.6 is 0 Å². The number of benzene rings is 2. The number of aliphatic hydroxyl groups excluding tert-OH is 2. The van der Waals surface area contributed by atoms with E-state index in [9.17, 15) is 24.5 Å². The molecule has 0 spiro atoms. The van der Waals surface area contributed by atoms with Crippen LogP contribution in [0, 0.1) is 5.82 Å². The minimum atomic E-state index is -1.19. The van der Waals surface area contributed by atoms with E-state index in [1.165, 1.54) is 18.2 Å². The Morgan fingerprint density at radius 2 is 1.85 bits per heavy atom. The average Bonchev–Trinajstić information content (AvgIpc) is 3.01. The average molecular weight is 459 g/mol. The van der Waals surface area contributed by atoms with Crippen molar-refractivity contribution in [3.8, 4) is 22.6 Å². The maximum absolute atomic E-state index is 13.6. The number of fused-ring (bicyclic) bond motifs is 1. The number of aromatic hydroxyl groups is 1. The molecule has 6 nitrogen and oxygen atoms in total. The van der Waals surface area contributed by atoms with Crippen LogP contribution in [0.5, 0.6) is 11.5 Å². The van der Waals surface area contributed by atoms with Crippen LogP contribution in [0.2, 0.25) is 0 Å². The molecule has 1 aliphatic heterocycles. The monoisotopic (exact) mass is 458 g/mol. The lowest BCUT2D eigenvalue weighted by Crippen LogP contribution is -2.24. The number of ether oxygens (including phenoxy) is 1. The fourth-order valence-corrected chi connectivity index (χ4v) is 4.42. The Kier molecular flexibility index (Phi) is 7.14. The van der Waals surface area contributed by atoms with Gasteiger partial charge in [-0.3, -0.25) is 4.79 Å². The number of phenols is 1. The summed E-state index contributed by atoms with van der Waals surface area (Å²) >= 11 is 0. The molecule has 3 rings (SSSR count). The summed E-state index contributed by atoms with van der Waals surface area (Å²) in [7, 11) is 0. The van der Waals surface area contributed by atoms with Gasteiger partial charge in [0.25, 0.3) is 0 Å². The number of carboxylic acids is 1. The summed E-state index contributed by atoms with van der Waals surface area (Å²) in [6.45, 7) is 7.93. The molecule has 2 unspecified atom stereocenters. The van der Waals surface area contributed by atoms with Gasteiger partial charge >= 0.3 is 5.97 Å². The van der Waals surface area contributed by atoms with Crippen molar-refractivity contribution in [3.05, 3.63) is 52.8 Å². The van der Waals surface area contributed by atoms with E-state index in [0.717, 1.165) is 11.1 Å². The zero-order valence-electron chi connectivity index (χ0n) is 19.3. The van der Waals surface area contributed by atoms with Crippen LogP contribution in [0.15, 0.2) is 30.3 Å². The van der Waals surface area contributed by atoms with Crippen molar-refractivity contribution < 1.29 is 34.3 Å². The molecule has 33 heavy (non-hydrogen) atoms. The molecule has 0 saturated heterocycles. The highest BCUT2D eigenvalue weighted by Gasteiger charge is 2.37. The zero-order chi connectivity index (χ0) is 24.5. The number of carbonyl (C=O) groups is 1. The maximum Gasteiger partial charge on any atom is 0.305 e. The van der Waals surface area contributed by atoms with E-state index in [0.29, 0.717) is 28.9 Å². The molecule has 178 valence electrons. The van der Waals surface area contributed by atoms with Gasteiger partial charge < -0.3 is 25.2 Å². The van der Waals surface area contributed by atoms with Gasteiger partial charge in [0.05, 0.1) is 18.6 Å². The quantitative estimate of drug-likeness (QED) is 0.459. The van der Waals surface area contributed by atoms with Gasteiger partial charge in [-0.15, -0.1) is 0 Å². The Bertz CT molecular complexity index is 1060. The van der Waals surface area contributed by atoms with Crippen molar-refractivity contribution in [3.63, 3.8) is 0 Å². The first-order chi connectivity index (χ1) is 15.4. The van der Waals surface area contributed by atoms with Crippen LogP contribution in [0.3, 0.4) is 0 Å². The van der Waals surface area contributed by atoms with Crippen molar-refractivity contribution in [2.24, 2.45) is 0 Å². The van der Waals surface area contributed by atoms with Crippen LogP contribution in [0.4, 0.5) is 4.39 Å². The highest BCUT2D eigenvalue weighted by molar-refractivity contribution is 5.86. The summed E-state index contributed by atoms with van der Waals surface area (Å²) in [6.07, 6.45) is 0.861. The molecule has 1 aliphatic rings. The topological polar surface area (TPSA) is 107 Å². The number of hydrogen-bond acceptors (Lipinski definition) is 5. The molecule has 7 heteroatoms. The van der Waals surface area contributed by atoms with Crippen molar-refractivity contribution in [2.75, 3.05) is 0 Å². The van der Waals surface area contributed by atoms with E-state index in [4.69, 9.17) is 9.84 Å². The number of phenolic OH excluding ortho intramolecular Hbond substituents is 1. The second-order valence-electron chi connectivity index (χ2n) is 9.47. The zero-order valence-corrected chi connectivity index (χ0v) is 19.3. The van der Waals surface area contributed by atoms with Gasteiger partial charge in [0.2, 0.25) is 0 Å². The minimum Gasteiger partial charge on any atom is -0.504 e. The van der Waals surface area contributed by atoms with Gasteiger partial charge in [-0.1, -0.05) is 38.1 Å². The van der Waals surface area contributed by atoms with Crippen molar-refractivity contribution in [1.82, 2.24) is 0 Å². The standard InChI is InChI=1S/C26H31FO6/c1-14(2)22-19(10-9-17(28)11-18(29)12-21(30)31)23(15-5-7-16(27)8-6-15)24(32)25-20(22)13-26(3,4)33-25/h5-10,14,17-18,28-29,32H,11-13H2,1-4H3,(H,30,31)/b10-9+. The van der Waals surface area contributed by atoms with E-state index >= 15 is 0 Å². The Morgan fingerprint density at radius 3 is 2.42 bits per heavy atom. The third-order valence-electron chi connectivity index (χ3n) is 5.71. The van der Waals surface area contributed by atoms with Crippen LogP contribution in [0.25, 0.3) is 17.2 Å². The van der Waals surface area contributed by atoms with Crippen LogP contribution in [-0.2, 0) is 11.2 Å². The Hall–Kier alpha value is -2.90. The highest BCUT2D eigenvalue weighted by atomic mass is 19.1. The van der Waals surface area contributed by atoms with Gasteiger partial charge in [0, 0.05) is 24.0 Å². The molecule has 4 N–H and O–H groups in total. The van der Waals surface area contributed by atoms with E-state index in [1.807, 2.05) is 27.7 Å². The molecule has 2 aromatic rings. The summed E-state index contributed by atoms with van der Waals surface area (Å²) in [5, 5.41) is 40.3. The van der Waals surface area contributed by atoms with Crippen LogP contribution in [-0.4, -0.2) is 44.2 Å². The number of aliphatic carboxylic acids is 1. The molecular formula is C26H31FO6. The molecule has 0 saturated carbocycles. The van der Waals surface area contributed by atoms with Crippen molar-refractivity contribution >= 4 is 12.0 Å². The first-order valence-corrected chi connectivity index (χ1v) is 11.0. The number of carboxylic acid groups (broad SMARTS) is 1. The molecule has 0 aromatic heterocycles. The number of rotatable bonds is 8. The lowest BCUT2D eigenvalue weighted by Gasteiger charge is -2.21. The fourth-order valence-electron chi connectivity index (χ4n) is 4.42. The second kappa shape index (κ2) is 9.53. The van der Waals surface area contributed by atoms with Crippen molar-refractivity contribution in [1.29, 1.82) is 0 Å². The van der Waals surface area contributed by atoms with E-state index in [2.05, 4.69) is 0 Å². The molecule has 0 fully saturated rings. The SMILES string of the molecule is CC(C)c1c(/C=C/C(O)CC(O)CC(=O)O)c(-c2ccc(F)cc2)c(O)c2c1CC(C)(C)O2. The van der Waals surface area contributed by atoms with Crippen LogP contribution < -0.4 is 4.74 Å². The number of aliphatic hydroxyl groups is 2. The Labute approximate surface area is 193 Å². The minimum absolute atomic E-state index is 0.0467. The number of hydrogen-bond donors (Lipinski definition) is 4. The van der Waals surface area contributed by atoms with Gasteiger partial charge in [-0.2, -0.15) is 0 Å². The molecule has 2 aromatic carbocycles. The van der Waals surface area contributed by atoms with Gasteiger partial charge in [0.1, 0.15) is 11.4 Å². The predicted octanol–water partition coefficient (Wildman–Crippen LogP) is 4.64. The molecule has 0 radical (unpaired) electrons. The summed E-state index contributed by atoms with van der Waals surface area (Å²) < 4.78 is 19.7. The number of halogens is 1. The third-order valence-corrected chi connectivity index (χ3v) is 5.71. The van der Waals surface area contributed by atoms with Crippen LogP contribution in [0.1, 0.15) is 63.1 Å². The van der Waals surface area contributed by atoms with E-state index in [1.54, 1.807) is 18.2 Å². The lowest BCUT2D eigenvalue weighted by molar-refractivity contribution is -0.139. The first-order valence-electron chi connectivity index (χ1n) is 11.0. The second-order valence-corrected chi connectivity index (χ2v) is 9.47. The Balaban J connectivity index is 2.15. The Morgan fingerprint density at radius 1 is 1.21 bits per heavy atom. The van der Waals surface area contributed by atoms with E-state index < -0.39 is 36.0 Å². The molecule has 0 aliphatic carbocycles.